The van der Waals surface area contributed by atoms with Gasteiger partial charge in [-0.05, 0) is 49.8 Å². The first-order valence-electron chi connectivity index (χ1n) is 9.13. The van der Waals surface area contributed by atoms with E-state index in [1.54, 1.807) is 0 Å². The van der Waals surface area contributed by atoms with Gasteiger partial charge in [-0.15, -0.1) is 0 Å². The highest BCUT2D eigenvalue weighted by Crippen LogP contribution is 2.41. The van der Waals surface area contributed by atoms with Crippen LogP contribution in [0.5, 0.6) is 0 Å². The van der Waals surface area contributed by atoms with Gasteiger partial charge in [0.1, 0.15) is 6.61 Å². The lowest BCUT2D eigenvalue weighted by atomic mass is 9.94. The molecule has 1 aromatic rings. The predicted molar refractivity (Wildman–Crippen MR) is 88.7 cm³/mol. The number of hydrogen-bond donors (Lipinski definition) is 2. The molecule has 5 nitrogen and oxygen atoms in total. The monoisotopic (exact) mass is 328 g/mol. The lowest BCUT2D eigenvalue weighted by molar-refractivity contribution is 0.0482. The van der Waals surface area contributed by atoms with Gasteiger partial charge in [-0.2, -0.15) is 0 Å². The number of esters is 1. The zero-order chi connectivity index (χ0) is 16.4. The second kappa shape index (κ2) is 5.28. The van der Waals surface area contributed by atoms with Crippen molar-refractivity contribution < 1.29 is 14.6 Å². The number of ether oxygens (including phenoxy) is 1. The first-order valence-corrected chi connectivity index (χ1v) is 9.13. The molecule has 128 valence electrons. The van der Waals surface area contributed by atoms with E-state index < -0.39 is 6.10 Å². The molecule has 0 aliphatic carbocycles. The van der Waals surface area contributed by atoms with E-state index in [4.69, 9.17) is 4.74 Å². The lowest BCUT2D eigenvalue weighted by Crippen LogP contribution is -2.59. The Kier molecular flexibility index (Phi) is 3.27. The van der Waals surface area contributed by atoms with Gasteiger partial charge in [-0.25, -0.2) is 4.79 Å². The number of carbonyl (C=O) groups excluding carboxylic acids is 1. The molecule has 2 N–H and O–H groups in total. The summed E-state index contributed by atoms with van der Waals surface area (Å²) >= 11 is 0. The van der Waals surface area contributed by atoms with E-state index >= 15 is 0 Å². The molecule has 5 heteroatoms. The number of aliphatic hydroxyl groups is 1. The fourth-order valence-corrected chi connectivity index (χ4v) is 5.49. The maximum Gasteiger partial charge on any atom is 0.338 e. The standard InChI is InChI=1S/C19H24N2O3/c1-10-11(2-3-12-13(10)9-24-19(12)23)18(22)8-21-16-6-7-17(21)15-5-4-14(16)20-15/h2-3,14-18,20,22H,4-9H2,1H3. The SMILES string of the molecule is Cc1c(C(O)CN2C3CCC2C2CCC3N2)ccc2c1COC2=O. The Labute approximate surface area is 142 Å². The third-order valence-corrected chi connectivity index (χ3v) is 6.71. The van der Waals surface area contributed by atoms with Crippen LogP contribution in [0, 0.1) is 6.92 Å². The van der Waals surface area contributed by atoms with E-state index in [0.717, 1.165) is 16.7 Å². The molecule has 3 fully saturated rings. The average Bonchev–Trinajstić information content (AvgIpc) is 3.21. The number of benzene rings is 1. The van der Waals surface area contributed by atoms with E-state index in [-0.39, 0.29) is 5.97 Å². The number of carbonyl (C=O) groups is 1. The van der Waals surface area contributed by atoms with Gasteiger partial charge in [0.25, 0.3) is 0 Å². The van der Waals surface area contributed by atoms with E-state index in [9.17, 15) is 9.90 Å². The summed E-state index contributed by atoms with van der Waals surface area (Å²) in [5, 5.41) is 14.7. The molecule has 5 unspecified atom stereocenters. The van der Waals surface area contributed by atoms with Crippen molar-refractivity contribution >= 4 is 5.97 Å². The van der Waals surface area contributed by atoms with Gasteiger partial charge in [-0.3, -0.25) is 4.90 Å². The van der Waals surface area contributed by atoms with Crippen molar-refractivity contribution in [2.75, 3.05) is 6.54 Å². The summed E-state index contributed by atoms with van der Waals surface area (Å²) in [6.45, 7) is 3.03. The summed E-state index contributed by atoms with van der Waals surface area (Å²) in [5.74, 6) is -0.245. The summed E-state index contributed by atoms with van der Waals surface area (Å²) in [7, 11) is 0. The van der Waals surface area contributed by atoms with Gasteiger partial charge in [0.15, 0.2) is 0 Å². The molecular formula is C19H24N2O3. The van der Waals surface area contributed by atoms with Crippen molar-refractivity contribution in [1.82, 2.24) is 10.2 Å². The first kappa shape index (κ1) is 14.9. The van der Waals surface area contributed by atoms with Gasteiger partial charge >= 0.3 is 5.97 Å². The van der Waals surface area contributed by atoms with Crippen LogP contribution in [0.4, 0.5) is 0 Å². The van der Waals surface area contributed by atoms with E-state index in [0.29, 0.717) is 42.9 Å². The largest absolute Gasteiger partial charge is 0.457 e. The number of hydrogen-bond acceptors (Lipinski definition) is 5. The zero-order valence-corrected chi connectivity index (χ0v) is 14.0. The smallest absolute Gasteiger partial charge is 0.338 e. The molecule has 0 amide bonds. The summed E-state index contributed by atoms with van der Waals surface area (Å²) in [4.78, 5) is 14.2. The van der Waals surface area contributed by atoms with E-state index in [2.05, 4.69) is 10.2 Å². The van der Waals surface area contributed by atoms with Crippen LogP contribution in [-0.2, 0) is 11.3 Å². The molecule has 5 rings (SSSR count). The molecule has 0 saturated carbocycles. The number of rotatable bonds is 3. The van der Waals surface area contributed by atoms with Gasteiger partial charge < -0.3 is 15.2 Å². The number of nitrogens with zero attached hydrogens (tertiary/aromatic N) is 1. The highest BCUT2D eigenvalue weighted by Gasteiger charge is 2.50. The van der Waals surface area contributed by atoms with Crippen LogP contribution in [0.25, 0.3) is 0 Å². The number of nitrogens with one attached hydrogen (secondary N) is 1. The van der Waals surface area contributed by atoms with Gasteiger partial charge in [-0.1, -0.05) is 6.07 Å². The Morgan fingerprint density at radius 3 is 2.67 bits per heavy atom. The highest BCUT2D eigenvalue weighted by atomic mass is 16.5. The molecule has 3 saturated heterocycles. The maximum absolute atomic E-state index is 11.7. The summed E-state index contributed by atoms with van der Waals surface area (Å²) < 4.78 is 5.13. The second-order valence-electron chi connectivity index (χ2n) is 7.76. The van der Waals surface area contributed by atoms with Crippen LogP contribution in [0.2, 0.25) is 0 Å². The number of fused-ring (bicyclic) bond motifs is 7. The quantitative estimate of drug-likeness (QED) is 0.827. The van der Waals surface area contributed by atoms with Crippen molar-refractivity contribution in [1.29, 1.82) is 0 Å². The normalized spacial score (nSPS) is 35.2. The Hall–Kier alpha value is -1.43. The minimum atomic E-state index is -0.508. The van der Waals surface area contributed by atoms with Crippen LogP contribution in [0.1, 0.15) is 58.8 Å². The third-order valence-electron chi connectivity index (χ3n) is 6.71. The zero-order valence-electron chi connectivity index (χ0n) is 14.0. The molecule has 0 spiro atoms. The van der Waals surface area contributed by atoms with Crippen LogP contribution in [-0.4, -0.2) is 46.7 Å². The number of aliphatic hydroxyl groups excluding tert-OH is 1. The summed E-state index contributed by atoms with van der Waals surface area (Å²) in [5.41, 5.74) is 3.55. The predicted octanol–water partition coefficient (Wildman–Crippen LogP) is 1.67. The molecule has 4 bridgehead atoms. The van der Waals surface area contributed by atoms with E-state index in [1.165, 1.54) is 25.7 Å². The van der Waals surface area contributed by atoms with E-state index in [1.807, 2.05) is 19.1 Å². The Balaban J connectivity index is 1.40. The minimum Gasteiger partial charge on any atom is -0.457 e. The molecule has 24 heavy (non-hydrogen) atoms. The second-order valence-corrected chi connectivity index (χ2v) is 7.76. The van der Waals surface area contributed by atoms with Crippen LogP contribution >= 0.6 is 0 Å². The van der Waals surface area contributed by atoms with Crippen molar-refractivity contribution in [2.24, 2.45) is 0 Å². The number of cyclic esters (lactones) is 1. The fourth-order valence-electron chi connectivity index (χ4n) is 5.49. The summed E-state index contributed by atoms with van der Waals surface area (Å²) in [6.07, 6.45) is 4.53. The number of piperazine rings is 1. The first-order chi connectivity index (χ1) is 11.6. The van der Waals surface area contributed by atoms with Gasteiger partial charge in [0.05, 0.1) is 11.7 Å². The highest BCUT2D eigenvalue weighted by molar-refractivity contribution is 5.93. The molecule has 1 aromatic carbocycles. The lowest BCUT2D eigenvalue weighted by Gasteiger charge is -2.41. The Morgan fingerprint density at radius 2 is 1.96 bits per heavy atom. The molecule has 5 atom stereocenters. The average molecular weight is 328 g/mol. The molecule has 4 aliphatic heterocycles. The van der Waals surface area contributed by atoms with Crippen LogP contribution in [0.3, 0.4) is 0 Å². The molecule has 0 radical (unpaired) electrons. The van der Waals surface area contributed by atoms with Crippen molar-refractivity contribution in [2.45, 2.75) is 69.5 Å². The minimum absolute atomic E-state index is 0.245. The topological polar surface area (TPSA) is 61.8 Å². The van der Waals surface area contributed by atoms with Gasteiger partial charge in [0.2, 0.25) is 0 Å². The van der Waals surface area contributed by atoms with Crippen LogP contribution in [0.15, 0.2) is 12.1 Å². The third kappa shape index (κ3) is 2.01. The van der Waals surface area contributed by atoms with Crippen LogP contribution < -0.4 is 5.32 Å². The molecule has 4 aliphatic rings. The maximum atomic E-state index is 11.7. The van der Waals surface area contributed by atoms with Gasteiger partial charge in [0, 0.05) is 36.3 Å². The van der Waals surface area contributed by atoms with Crippen molar-refractivity contribution in [3.05, 3.63) is 34.4 Å². The Morgan fingerprint density at radius 1 is 1.25 bits per heavy atom. The molecule has 4 heterocycles. The summed E-state index contributed by atoms with van der Waals surface area (Å²) in [6, 6.07) is 6.07. The molecular weight excluding hydrogens is 304 g/mol. The molecule has 0 aromatic heterocycles. The Bertz CT molecular complexity index is 686. The fraction of sp³-hybridized carbons (Fsp3) is 0.632. The van der Waals surface area contributed by atoms with Crippen molar-refractivity contribution in [3.63, 3.8) is 0 Å². The van der Waals surface area contributed by atoms with Crippen molar-refractivity contribution in [3.8, 4) is 0 Å².